The van der Waals surface area contributed by atoms with Gasteiger partial charge in [0.1, 0.15) is 6.04 Å². The molecule has 0 aliphatic heterocycles. The van der Waals surface area contributed by atoms with E-state index >= 15 is 0 Å². The Bertz CT molecular complexity index is 685. The number of nitrogens with one attached hydrogen (secondary N) is 1. The highest BCUT2D eigenvalue weighted by molar-refractivity contribution is 7.09. The number of nitrogens with zero attached hydrogens (tertiary/aromatic N) is 3. The first-order valence-electron chi connectivity index (χ1n) is 7.42. The van der Waals surface area contributed by atoms with Crippen LogP contribution in [0.4, 0.5) is 4.79 Å². The second-order valence-electron chi connectivity index (χ2n) is 5.71. The van der Waals surface area contributed by atoms with E-state index in [2.05, 4.69) is 29.1 Å². The molecule has 0 radical (unpaired) electrons. The normalized spacial score (nSPS) is 12.2. The first kappa shape index (κ1) is 18.3. The van der Waals surface area contributed by atoms with Crippen LogP contribution in [0.5, 0.6) is 0 Å². The molecule has 0 aliphatic carbocycles. The van der Waals surface area contributed by atoms with Crippen molar-refractivity contribution in [2.45, 2.75) is 38.8 Å². The van der Waals surface area contributed by atoms with Gasteiger partial charge in [-0.2, -0.15) is 0 Å². The van der Waals surface area contributed by atoms with Crippen molar-refractivity contribution < 1.29 is 14.7 Å². The predicted octanol–water partition coefficient (Wildman–Crippen LogP) is 2.56. The predicted molar refractivity (Wildman–Crippen MR) is 93.4 cm³/mol. The van der Waals surface area contributed by atoms with Crippen LogP contribution in [0.2, 0.25) is 0 Å². The number of thiazole rings is 2. The summed E-state index contributed by atoms with van der Waals surface area (Å²) in [5.41, 5.74) is 3.08. The van der Waals surface area contributed by atoms with Crippen LogP contribution in [0, 0.1) is 0 Å². The van der Waals surface area contributed by atoms with Crippen LogP contribution in [-0.4, -0.2) is 45.1 Å². The van der Waals surface area contributed by atoms with Crippen molar-refractivity contribution >= 4 is 34.7 Å². The molecule has 0 spiro atoms. The minimum atomic E-state index is -1.08. The number of aromatic nitrogens is 2. The van der Waals surface area contributed by atoms with Crippen LogP contribution < -0.4 is 5.32 Å². The van der Waals surface area contributed by atoms with E-state index in [0.29, 0.717) is 18.2 Å². The molecule has 2 heterocycles. The Morgan fingerprint density at radius 1 is 1.33 bits per heavy atom. The van der Waals surface area contributed by atoms with Crippen molar-refractivity contribution in [3.8, 4) is 0 Å². The Morgan fingerprint density at radius 3 is 2.62 bits per heavy atom. The Hall–Kier alpha value is -2.00. The molecule has 0 bridgehead atoms. The monoisotopic (exact) mass is 368 g/mol. The number of amides is 2. The van der Waals surface area contributed by atoms with E-state index in [1.54, 1.807) is 29.3 Å². The summed E-state index contributed by atoms with van der Waals surface area (Å²) in [6, 6.07) is -1.46. The highest BCUT2D eigenvalue weighted by Gasteiger charge is 2.23. The zero-order valence-electron chi connectivity index (χ0n) is 13.7. The van der Waals surface area contributed by atoms with Gasteiger partial charge in [-0.3, -0.25) is 0 Å². The maximum Gasteiger partial charge on any atom is 0.326 e. The number of aliphatic carboxylic acids is 1. The fraction of sp³-hybridized carbons (Fsp3) is 0.467. The van der Waals surface area contributed by atoms with Gasteiger partial charge in [-0.25, -0.2) is 19.6 Å². The average molecular weight is 368 g/mol. The number of carboxylic acid groups (broad SMARTS) is 1. The molecule has 0 aliphatic rings. The minimum absolute atomic E-state index is 0.159. The standard InChI is InChI=1S/C15H20N4O3S2/c1-9(2)13-17-11(7-24-13)5-19(3)15(22)18-12(14(20)21)4-10-6-23-8-16-10/h6-9,12H,4-5H2,1-3H3,(H,18,22)(H,20,21). The molecule has 1 unspecified atom stereocenters. The second-order valence-corrected chi connectivity index (χ2v) is 7.32. The molecule has 2 aromatic heterocycles. The van der Waals surface area contributed by atoms with Crippen molar-refractivity contribution in [1.29, 1.82) is 0 Å². The number of hydrogen-bond acceptors (Lipinski definition) is 6. The number of carbonyl (C=O) groups excluding carboxylic acids is 1. The van der Waals surface area contributed by atoms with Crippen LogP contribution in [0.1, 0.15) is 36.2 Å². The molecule has 0 saturated heterocycles. The van der Waals surface area contributed by atoms with Crippen LogP contribution in [0.3, 0.4) is 0 Å². The largest absolute Gasteiger partial charge is 0.480 e. The van der Waals surface area contributed by atoms with Gasteiger partial charge in [0.25, 0.3) is 0 Å². The summed E-state index contributed by atoms with van der Waals surface area (Å²) < 4.78 is 0. The lowest BCUT2D eigenvalue weighted by Crippen LogP contribution is -2.47. The van der Waals surface area contributed by atoms with Gasteiger partial charge in [0.2, 0.25) is 0 Å². The number of carbonyl (C=O) groups is 2. The zero-order valence-corrected chi connectivity index (χ0v) is 15.4. The van der Waals surface area contributed by atoms with Gasteiger partial charge in [-0.15, -0.1) is 22.7 Å². The zero-order chi connectivity index (χ0) is 17.7. The topological polar surface area (TPSA) is 95.4 Å². The van der Waals surface area contributed by atoms with E-state index in [9.17, 15) is 14.7 Å². The van der Waals surface area contributed by atoms with Gasteiger partial charge in [0, 0.05) is 30.1 Å². The molecule has 2 N–H and O–H groups in total. The lowest BCUT2D eigenvalue weighted by Gasteiger charge is -2.20. The van der Waals surface area contributed by atoms with E-state index in [4.69, 9.17) is 0 Å². The summed E-state index contributed by atoms with van der Waals surface area (Å²) in [5, 5.41) is 16.5. The molecule has 2 aromatic rings. The molecule has 9 heteroatoms. The SMILES string of the molecule is CC(C)c1nc(CN(C)C(=O)NC(Cc2cscn2)C(=O)O)cs1. The quantitative estimate of drug-likeness (QED) is 0.783. The lowest BCUT2D eigenvalue weighted by atomic mass is 10.2. The fourth-order valence-electron chi connectivity index (χ4n) is 1.98. The van der Waals surface area contributed by atoms with Gasteiger partial charge in [0.05, 0.1) is 28.5 Å². The molecular weight excluding hydrogens is 348 g/mol. The Balaban J connectivity index is 1.94. The third kappa shape index (κ3) is 5.00. The van der Waals surface area contributed by atoms with Crippen LogP contribution in [-0.2, 0) is 17.8 Å². The van der Waals surface area contributed by atoms with Crippen LogP contribution in [0.25, 0.3) is 0 Å². The van der Waals surface area contributed by atoms with Crippen LogP contribution in [0.15, 0.2) is 16.3 Å². The molecule has 0 saturated carbocycles. The van der Waals surface area contributed by atoms with Gasteiger partial charge in [-0.1, -0.05) is 13.8 Å². The molecular formula is C15H20N4O3S2. The number of urea groups is 1. The van der Waals surface area contributed by atoms with E-state index in [1.165, 1.54) is 16.2 Å². The Labute approximate surface area is 148 Å². The van der Waals surface area contributed by atoms with E-state index < -0.39 is 18.0 Å². The molecule has 2 rings (SSSR count). The van der Waals surface area contributed by atoms with Gasteiger partial charge >= 0.3 is 12.0 Å². The van der Waals surface area contributed by atoms with Crippen molar-refractivity contribution in [1.82, 2.24) is 20.2 Å². The van der Waals surface area contributed by atoms with Crippen molar-refractivity contribution in [3.63, 3.8) is 0 Å². The number of hydrogen-bond donors (Lipinski definition) is 2. The van der Waals surface area contributed by atoms with Gasteiger partial charge in [-0.05, 0) is 0 Å². The summed E-state index contributed by atoms with van der Waals surface area (Å²) >= 11 is 2.95. The third-order valence-corrected chi connectivity index (χ3v) is 5.13. The molecule has 0 fully saturated rings. The highest BCUT2D eigenvalue weighted by atomic mass is 32.1. The van der Waals surface area contributed by atoms with Gasteiger partial charge in [0.15, 0.2) is 0 Å². The van der Waals surface area contributed by atoms with Crippen molar-refractivity contribution in [2.75, 3.05) is 7.05 Å². The van der Waals surface area contributed by atoms with Crippen molar-refractivity contribution in [2.24, 2.45) is 0 Å². The number of rotatable bonds is 7. The minimum Gasteiger partial charge on any atom is -0.480 e. The first-order chi connectivity index (χ1) is 11.4. The summed E-state index contributed by atoms with van der Waals surface area (Å²) in [6.07, 6.45) is 0.159. The first-order valence-corrected chi connectivity index (χ1v) is 9.25. The Kier molecular flexibility index (Phi) is 6.27. The summed E-state index contributed by atoms with van der Waals surface area (Å²) in [5.74, 6) is -0.738. The number of carboxylic acids is 1. The van der Waals surface area contributed by atoms with Gasteiger partial charge < -0.3 is 15.3 Å². The Morgan fingerprint density at radius 2 is 2.08 bits per heavy atom. The van der Waals surface area contributed by atoms with E-state index in [0.717, 1.165) is 10.7 Å². The van der Waals surface area contributed by atoms with Crippen LogP contribution >= 0.6 is 22.7 Å². The highest BCUT2D eigenvalue weighted by Crippen LogP contribution is 2.19. The maximum absolute atomic E-state index is 12.2. The van der Waals surface area contributed by atoms with Crippen molar-refractivity contribution in [3.05, 3.63) is 32.7 Å². The van der Waals surface area contributed by atoms with E-state index in [1.807, 2.05) is 5.38 Å². The van der Waals surface area contributed by atoms with E-state index in [-0.39, 0.29) is 6.42 Å². The lowest BCUT2D eigenvalue weighted by molar-refractivity contribution is -0.139. The second kappa shape index (κ2) is 8.20. The molecule has 1 atom stereocenters. The molecule has 0 aromatic carbocycles. The molecule has 24 heavy (non-hydrogen) atoms. The average Bonchev–Trinajstić information content (AvgIpc) is 3.17. The maximum atomic E-state index is 12.2. The summed E-state index contributed by atoms with van der Waals surface area (Å²) in [6.45, 7) is 4.46. The third-order valence-electron chi connectivity index (χ3n) is 3.30. The summed E-state index contributed by atoms with van der Waals surface area (Å²) in [4.78, 5) is 33.6. The molecule has 2 amide bonds. The molecule has 7 nitrogen and oxygen atoms in total. The fourth-order valence-corrected chi connectivity index (χ4v) is 3.38. The summed E-state index contributed by atoms with van der Waals surface area (Å²) in [7, 11) is 1.62. The molecule has 130 valence electrons. The smallest absolute Gasteiger partial charge is 0.326 e.